The second kappa shape index (κ2) is 4.66. The highest BCUT2D eigenvalue weighted by atomic mass is 35.5. The van der Waals surface area contributed by atoms with Crippen LogP contribution in [-0.4, -0.2) is 17.7 Å². The maximum Gasteiger partial charge on any atom is 0.347 e. The topological polar surface area (TPSA) is 80.1 Å². The first-order valence-electron chi connectivity index (χ1n) is 5.16. The summed E-state index contributed by atoms with van der Waals surface area (Å²) < 4.78 is 0.946. The highest BCUT2D eigenvalue weighted by molar-refractivity contribution is 6.17. The van der Waals surface area contributed by atoms with Crippen molar-refractivity contribution in [1.82, 2.24) is 10.0 Å². The van der Waals surface area contributed by atoms with Gasteiger partial charge >= 0.3 is 11.6 Å². The van der Waals surface area contributed by atoms with E-state index in [9.17, 15) is 14.9 Å². The molecule has 2 rings (SSSR count). The summed E-state index contributed by atoms with van der Waals surface area (Å²) in [5.41, 5.74) is -0.0401. The number of rotatable bonds is 2. The Morgan fingerprint density at radius 3 is 2.78 bits per heavy atom. The van der Waals surface area contributed by atoms with Gasteiger partial charge in [0.2, 0.25) is 0 Å². The van der Waals surface area contributed by atoms with Gasteiger partial charge in [-0.25, -0.2) is 0 Å². The first-order valence-corrected chi connectivity index (χ1v) is 5.70. The third-order valence-corrected chi connectivity index (χ3v) is 2.86. The summed E-state index contributed by atoms with van der Waals surface area (Å²) in [5, 5.41) is 14.4. The number of alkyl halides is 1. The molecule has 0 saturated carbocycles. The second-order valence-electron chi connectivity index (χ2n) is 3.59. The Kier molecular flexibility index (Phi) is 3.20. The standard InChI is InChI=1S/C11H10ClN3O3/c1-13-11(16)10-9(6-12)14(17)7-4-2-3-5-8(7)15(10)18/h2-5H,6H2,1H3,(H,13,16). The minimum Gasteiger partial charge on any atom is -0.805 e. The summed E-state index contributed by atoms with van der Waals surface area (Å²) in [6.07, 6.45) is 0. The van der Waals surface area contributed by atoms with Crippen LogP contribution in [0, 0.1) is 10.1 Å². The van der Waals surface area contributed by atoms with Crippen molar-refractivity contribution in [3.8, 4) is 0 Å². The molecule has 1 aromatic carbocycles. The largest absolute Gasteiger partial charge is 0.805 e. The smallest absolute Gasteiger partial charge is 0.347 e. The zero-order valence-corrected chi connectivity index (χ0v) is 10.3. The number of fused-ring (bicyclic) bond motifs is 1. The Morgan fingerprint density at radius 2 is 2.17 bits per heavy atom. The monoisotopic (exact) mass is 267 g/mol. The van der Waals surface area contributed by atoms with Crippen molar-refractivity contribution < 1.29 is 9.22 Å². The first-order chi connectivity index (χ1) is 8.61. The molecule has 1 heterocycles. The quantitative estimate of drug-likeness (QED) is 0.651. The average Bonchev–Trinajstić information content (AvgIpc) is 2.41. The van der Waals surface area contributed by atoms with Crippen LogP contribution in [0.2, 0.25) is 0 Å². The van der Waals surface area contributed by atoms with Gasteiger partial charge in [0.15, 0.2) is 0 Å². The van der Waals surface area contributed by atoms with Crippen LogP contribution in [0.25, 0.3) is 11.0 Å². The Morgan fingerprint density at radius 1 is 1.50 bits per heavy atom. The minimum atomic E-state index is -0.643. The number of hydrogen-bond donors (Lipinski definition) is 1. The summed E-state index contributed by atoms with van der Waals surface area (Å²) in [6, 6.07) is 6.22. The van der Waals surface area contributed by atoms with Gasteiger partial charge in [0.1, 0.15) is 11.2 Å². The van der Waals surface area contributed by atoms with Gasteiger partial charge in [-0.15, -0.1) is 11.6 Å². The molecule has 18 heavy (non-hydrogen) atoms. The lowest BCUT2D eigenvalue weighted by atomic mass is 10.2. The van der Waals surface area contributed by atoms with E-state index < -0.39 is 5.91 Å². The van der Waals surface area contributed by atoms with Crippen molar-refractivity contribution in [3.63, 3.8) is 0 Å². The number of benzene rings is 1. The second-order valence-corrected chi connectivity index (χ2v) is 3.85. The van der Waals surface area contributed by atoms with Crippen LogP contribution in [0.1, 0.15) is 16.2 Å². The first kappa shape index (κ1) is 12.4. The summed E-state index contributed by atoms with van der Waals surface area (Å²) in [7, 11) is 1.38. The van der Waals surface area contributed by atoms with Gasteiger partial charge in [-0.05, 0) is 6.07 Å². The molecule has 0 spiro atoms. The summed E-state index contributed by atoms with van der Waals surface area (Å²) in [5.74, 6) is -0.865. The molecule has 0 aliphatic rings. The van der Waals surface area contributed by atoms with Gasteiger partial charge in [-0.1, -0.05) is 12.1 Å². The van der Waals surface area contributed by atoms with Crippen molar-refractivity contribution in [2.45, 2.75) is 5.88 Å². The van der Waals surface area contributed by atoms with Gasteiger partial charge in [0, 0.05) is 18.0 Å². The lowest BCUT2D eigenvalue weighted by Gasteiger charge is -2.16. The molecule has 94 valence electrons. The zero-order valence-electron chi connectivity index (χ0n) is 9.51. The van der Waals surface area contributed by atoms with Crippen LogP contribution in [-0.2, 0) is 5.88 Å². The van der Waals surface area contributed by atoms with E-state index in [1.54, 1.807) is 12.1 Å². The van der Waals surface area contributed by atoms with Gasteiger partial charge < -0.3 is 15.3 Å². The third-order valence-electron chi connectivity index (χ3n) is 2.61. The molecule has 0 unspecified atom stereocenters. The number of hydrogen-bond acceptors (Lipinski definition) is 3. The van der Waals surface area contributed by atoms with E-state index in [1.807, 2.05) is 0 Å². The molecule has 1 aromatic heterocycles. The van der Waals surface area contributed by atoms with E-state index in [-0.39, 0.29) is 28.3 Å². The van der Waals surface area contributed by atoms with E-state index in [4.69, 9.17) is 11.6 Å². The van der Waals surface area contributed by atoms with Crippen molar-refractivity contribution in [3.05, 3.63) is 45.8 Å². The van der Waals surface area contributed by atoms with Crippen molar-refractivity contribution in [2.75, 3.05) is 7.05 Å². The van der Waals surface area contributed by atoms with E-state index in [1.165, 1.54) is 19.2 Å². The van der Waals surface area contributed by atoms with Gasteiger partial charge in [0.05, 0.1) is 10.3 Å². The fourth-order valence-electron chi connectivity index (χ4n) is 1.75. The molecule has 0 fully saturated rings. The third kappa shape index (κ3) is 1.70. The number of amides is 1. The Bertz CT molecular complexity index is 681. The number of carbonyl (C=O) groups is 1. The summed E-state index contributed by atoms with van der Waals surface area (Å²) >= 11 is 5.66. The lowest BCUT2D eigenvalue weighted by Crippen LogP contribution is -2.35. The lowest BCUT2D eigenvalue weighted by molar-refractivity contribution is -0.468. The molecule has 0 aliphatic carbocycles. The van der Waals surface area contributed by atoms with E-state index in [0.717, 1.165) is 0 Å². The molecule has 2 aromatic rings. The molecule has 6 nitrogen and oxygen atoms in total. The van der Waals surface area contributed by atoms with Crippen LogP contribution < -0.4 is 9.74 Å². The van der Waals surface area contributed by atoms with E-state index in [2.05, 4.69) is 5.32 Å². The molecule has 0 bridgehead atoms. The Hall–Kier alpha value is -2.08. The van der Waals surface area contributed by atoms with Crippen LogP contribution in [0.5, 0.6) is 0 Å². The van der Waals surface area contributed by atoms with Crippen molar-refractivity contribution in [2.24, 2.45) is 0 Å². The molecule has 0 aliphatic heterocycles. The number of nitrogens with one attached hydrogen (secondary N) is 1. The number of halogens is 1. The van der Waals surface area contributed by atoms with Crippen molar-refractivity contribution in [1.29, 1.82) is 0 Å². The molecule has 1 amide bonds. The predicted octanol–water partition coefficient (Wildman–Crippen LogP) is 1.00. The normalized spacial score (nSPS) is 10.6. The SMILES string of the molecule is CNC(=O)c1c(CCl)n([O-])c2ccccc2[n+]1=O. The van der Waals surface area contributed by atoms with E-state index in [0.29, 0.717) is 9.16 Å². The fraction of sp³-hybridized carbons (Fsp3) is 0.182. The number of carbonyl (C=O) groups excluding carboxylic acids is 1. The molecule has 0 radical (unpaired) electrons. The molecule has 0 saturated heterocycles. The van der Waals surface area contributed by atoms with E-state index >= 15 is 0 Å². The number of nitrogens with zero attached hydrogens (tertiary/aromatic N) is 2. The Labute approximate surface area is 107 Å². The van der Waals surface area contributed by atoms with Crippen LogP contribution in [0.4, 0.5) is 0 Å². The highest BCUT2D eigenvalue weighted by Crippen LogP contribution is 2.15. The van der Waals surface area contributed by atoms with Gasteiger partial charge in [-0.2, -0.15) is 0 Å². The fourth-order valence-corrected chi connectivity index (χ4v) is 1.98. The minimum absolute atomic E-state index is 0.0651. The Balaban J connectivity index is 2.97. The van der Waals surface area contributed by atoms with Crippen molar-refractivity contribution >= 4 is 28.5 Å². The molecule has 0 atom stereocenters. The summed E-state index contributed by atoms with van der Waals surface area (Å²) in [4.78, 5) is 23.8. The highest BCUT2D eigenvalue weighted by Gasteiger charge is 2.27. The summed E-state index contributed by atoms with van der Waals surface area (Å²) in [6.45, 7) is 0. The van der Waals surface area contributed by atoms with Crippen LogP contribution in [0.3, 0.4) is 0 Å². The molecular weight excluding hydrogens is 258 g/mol. The zero-order chi connectivity index (χ0) is 13.3. The van der Waals surface area contributed by atoms with Crippen LogP contribution in [0.15, 0.2) is 24.3 Å². The number of para-hydroxylation sites is 2. The average molecular weight is 268 g/mol. The maximum atomic E-state index is 12.1. The molecule has 1 N–H and O–H groups in total. The maximum absolute atomic E-state index is 12.1. The molecule has 7 heteroatoms. The van der Waals surface area contributed by atoms with Gasteiger partial charge in [0.25, 0.3) is 5.52 Å². The van der Waals surface area contributed by atoms with Crippen LogP contribution >= 0.6 is 11.6 Å². The number of aromatic nitrogens is 2. The van der Waals surface area contributed by atoms with Gasteiger partial charge in [-0.3, -0.25) is 4.79 Å². The predicted molar refractivity (Wildman–Crippen MR) is 67.0 cm³/mol. The molecular formula is C11H10ClN3O3.